The molecule has 2 saturated carbocycles. The van der Waals surface area contributed by atoms with Crippen molar-refractivity contribution in [1.29, 1.82) is 0 Å². The van der Waals surface area contributed by atoms with Crippen LogP contribution in [0.5, 0.6) is 0 Å². The van der Waals surface area contributed by atoms with E-state index in [0.29, 0.717) is 0 Å². The Kier molecular flexibility index (Phi) is 2.25. The first-order valence-electron chi connectivity index (χ1n) is 3.13. The summed E-state index contributed by atoms with van der Waals surface area (Å²) >= 11 is 0. The second-order valence-corrected chi connectivity index (χ2v) is 2.09. The van der Waals surface area contributed by atoms with Crippen molar-refractivity contribution in [3.8, 4) is 0 Å². The van der Waals surface area contributed by atoms with Crippen molar-refractivity contribution < 1.29 is 0 Å². The molecule has 7 heavy (non-hydrogen) atoms. The summed E-state index contributed by atoms with van der Waals surface area (Å²) in [6.07, 6.45) is 11.5. The maximum atomic E-state index is 2.31. The Bertz CT molecular complexity index is 26.5. The molecular weight excluding hydrogens is 84.1 g/mol. The summed E-state index contributed by atoms with van der Waals surface area (Å²) in [6.45, 7) is 0. The zero-order chi connectivity index (χ0) is 4.95. The summed E-state index contributed by atoms with van der Waals surface area (Å²) in [4.78, 5) is 0. The quantitative estimate of drug-likeness (QED) is 0.434. The van der Waals surface area contributed by atoms with E-state index < -0.39 is 0 Å². The van der Waals surface area contributed by atoms with Crippen LogP contribution in [0.2, 0.25) is 0 Å². The van der Waals surface area contributed by atoms with Gasteiger partial charge in [0.05, 0.1) is 0 Å². The monoisotopic (exact) mass is 96.1 g/mol. The largest absolute Gasteiger partial charge is 0.0528 e. The molecule has 0 spiro atoms. The van der Waals surface area contributed by atoms with Gasteiger partial charge in [-0.25, -0.2) is 0 Å². The summed E-state index contributed by atoms with van der Waals surface area (Å²) in [5.41, 5.74) is 0. The Morgan fingerprint density at radius 3 is 1.00 bits per heavy atom. The van der Waals surface area contributed by atoms with Crippen LogP contribution in [0, 0.1) is 12.8 Å². The summed E-state index contributed by atoms with van der Waals surface area (Å²) < 4.78 is 0. The SMILES string of the molecule is [CH]1CC1.[CH]1CCC1. The molecule has 0 heteroatoms. The Morgan fingerprint density at radius 1 is 0.714 bits per heavy atom. The molecule has 2 aliphatic carbocycles. The normalized spacial score (nSPS) is 24.0. The predicted octanol–water partition coefficient (Wildman–Crippen LogP) is 2.36. The summed E-state index contributed by atoms with van der Waals surface area (Å²) in [6, 6.07) is 0. The topological polar surface area (TPSA) is 0 Å². The second-order valence-electron chi connectivity index (χ2n) is 2.09. The summed E-state index contributed by atoms with van der Waals surface area (Å²) in [7, 11) is 0. The Hall–Kier alpha value is 0. The lowest BCUT2D eigenvalue weighted by Gasteiger charge is -2.05. The van der Waals surface area contributed by atoms with E-state index in [4.69, 9.17) is 0 Å². The first kappa shape index (κ1) is 5.14. The van der Waals surface area contributed by atoms with Gasteiger partial charge in [0, 0.05) is 0 Å². The standard InChI is InChI=1S/C4H7.C3H5/c1-2-4-3-1;1-2-3-1/h1H,2-4H2;1H,2-3H2. The molecule has 2 fully saturated rings. The fourth-order valence-electron chi connectivity index (χ4n) is 0.204. The average molecular weight is 96.2 g/mol. The van der Waals surface area contributed by atoms with Gasteiger partial charge in [0.1, 0.15) is 0 Å². The van der Waals surface area contributed by atoms with Gasteiger partial charge in [-0.05, 0) is 25.7 Å². The highest BCUT2D eigenvalue weighted by molar-refractivity contribution is 4.79. The van der Waals surface area contributed by atoms with E-state index in [9.17, 15) is 0 Å². The highest BCUT2D eigenvalue weighted by atomic mass is 14.0. The minimum atomic E-state index is 1.38. The van der Waals surface area contributed by atoms with Crippen molar-refractivity contribution in [2.45, 2.75) is 32.1 Å². The first-order valence-corrected chi connectivity index (χ1v) is 3.13. The lowest BCUT2D eigenvalue weighted by molar-refractivity contribution is 0.652. The van der Waals surface area contributed by atoms with Crippen LogP contribution in [0.4, 0.5) is 0 Å². The summed E-state index contributed by atoms with van der Waals surface area (Å²) in [5.74, 6) is 0. The van der Waals surface area contributed by atoms with Crippen LogP contribution < -0.4 is 0 Å². The predicted molar refractivity (Wildman–Crippen MR) is 31.7 cm³/mol. The third-order valence-electron chi connectivity index (χ3n) is 1.11. The van der Waals surface area contributed by atoms with Gasteiger partial charge in [-0.3, -0.25) is 0 Å². The molecule has 0 aromatic rings. The van der Waals surface area contributed by atoms with Crippen molar-refractivity contribution in [3.05, 3.63) is 12.8 Å². The Labute approximate surface area is 45.9 Å². The molecule has 0 nitrogen and oxygen atoms in total. The minimum absolute atomic E-state index is 1.38. The van der Waals surface area contributed by atoms with Crippen LogP contribution in [0.1, 0.15) is 32.1 Å². The van der Waals surface area contributed by atoms with Crippen LogP contribution in [-0.4, -0.2) is 0 Å². The van der Waals surface area contributed by atoms with Gasteiger partial charge in [-0.2, -0.15) is 0 Å². The van der Waals surface area contributed by atoms with Gasteiger partial charge in [-0.1, -0.05) is 19.3 Å². The zero-order valence-electron chi connectivity index (χ0n) is 4.69. The lowest BCUT2D eigenvalue weighted by Crippen LogP contribution is -1.87. The smallest absolute Gasteiger partial charge is 0.0386 e. The van der Waals surface area contributed by atoms with Crippen molar-refractivity contribution in [2.24, 2.45) is 0 Å². The van der Waals surface area contributed by atoms with E-state index in [2.05, 4.69) is 12.8 Å². The molecule has 0 atom stereocenters. The molecule has 2 radical (unpaired) electrons. The third-order valence-corrected chi connectivity index (χ3v) is 1.11. The van der Waals surface area contributed by atoms with Gasteiger partial charge in [0.25, 0.3) is 0 Å². The van der Waals surface area contributed by atoms with E-state index in [1.165, 1.54) is 32.1 Å². The van der Waals surface area contributed by atoms with Gasteiger partial charge >= 0.3 is 0 Å². The first-order chi connectivity index (χ1) is 3.50. The van der Waals surface area contributed by atoms with Gasteiger partial charge in [0.15, 0.2) is 0 Å². The summed E-state index contributed by atoms with van der Waals surface area (Å²) in [5, 5.41) is 0. The molecule has 0 aromatic heterocycles. The van der Waals surface area contributed by atoms with E-state index in [1.807, 2.05) is 0 Å². The highest BCUT2D eigenvalue weighted by Crippen LogP contribution is 2.13. The maximum absolute atomic E-state index is 2.31. The zero-order valence-corrected chi connectivity index (χ0v) is 4.69. The molecule has 0 unspecified atom stereocenters. The molecule has 0 aromatic carbocycles. The molecule has 0 amide bonds. The molecule has 40 valence electrons. The molecular formula is C7H12. The van der Waals surface area contributed by atoms with Gasteiger partial charge < -0.3 is 0 Å². The Balaban J connectivity index is 0.0000000729. The lowest BCUT2D eigenvalue weighted by atomic mass is 10.0. The molecule has 0 heterocycles. The number of rotatable bonds is 0. The number of hydrogen-bond acceptors (Lipinski definition) is 0. The highest BCUT2D eigenvalue weighted by Gasteiger charge is 1.96. The second kappa shape index (κ2) is 3.06. The van der Waals surface area contributed by atoms with Crippen molar-refractivity contribution in [1.82, 2.24) is 0 Å². The molecule has 2 aliphatic rings. The van der Waals surface area contributed by atoms with Crippen LogP contribution in [0.25, 0.3) is 0 Å². The van der Waals surface area contributed by atoms with Crippen LogP contribution in [0.3, 0.4) is 0 Å². The molecule has 0 N–H and O–H groups in total. The van der Waals surface area contributed by atoms with Gasteiger partial charge in [-0.15, -0.1) is 0 Å². The average Bonchev–Trinajstić information content (AvgIpc) is 1.95. The molecule has 0 bridgehead atoms. The van der Waals surface area contributed by atoms with E-state index in [-0.39, 0.29) is 0 Å². The fraction of sp³-hybridized carbons (Fsp3) is 0.714. The van der Waals surface area contributed by atoms with E-state index >= 15 is 0 Å². The third kappa shape index (κ3) is 3.84. The van der Waals surface area contributed by atoms with Gasteiger partial charge in [0.2, 0.25) is 0 Å². The molecule has 0 aliphatic heterocycles. The van der Waals surface area contributed by atoms with Crippen LogP contribution in [0.15, 0.2) is 0 Å². The van der Waals surface area contributed by atoms with E-state index in [0.717, 1.165) is 0 Å². The van der Waals surface area contributed by atoms with Crippen LogP contribution >= 0.6 is 0 Å². The fourth-order valence-corrected chi connectivity index (χ4v) is 0.204. The van der Waals surface area contributed by atoms with Crippen molar-refractivity contribution in [3.63, 3.8) is 0 Å². The van der Waals surface area contributed by atoms with Crippen molar-refractivity contribution in [2.75, 3.05) is 0 Å². The molecule has 0 saturated heterocycles. The maximum Gasteiger partial charge on any atom is -0.0386 e. The minimum Gasteiger partial charge on any atom is -0.0528 e. The molecule has 2 rings (SSSR count). The number of hydrogen-bond donors (Lipinski definition) is 0. The van der Waals surface area contributed by atoms with Crippen molar-refractivity contribution >= 4 is 0 Å². The Morgan fingerprint density at radius 2 is 1.00 bits per heavy atom. The van der Waals surface area contributed by atoms with E-state index in [1.54, 1.807) is 0 Å². The van der Waals surface area contributed by atoms with Crippen LogP contribution in [-0.2, 0) is 0 Å².